The van der Waals surface area contributed by atoms with Gasteiger partial charge >= 0.3 is 0 Å². The van der Waals surface area contributed by atoms with Crippen LogP contribution < -0.4 is 10.1 Å². The lowest BCUT2D eigenvalue weighted by Crippen LogP contribution is -2.22. The second kappa shape index (κ2) is 8.11. The molecule has 0 aliphatic carbocycles. The zero-order valence-electron chi connectivity index (χ0n) is 14.3. The van der Waals surface area contributed by atoms with Crippen molar-refractivity contribution in [3.05, 3.63) is 77.4 Å². The summed E-state index contributed by atoms with van der Waals surface area (Å²) < 4.78 is 27.5. The van der Waals surface area contributed by atoms with Crippen LogP contribution in [0.2, 0.25) is 0 Å². The van der Waals surface area contributed by atoms with Crippen molar-refractivity contribution in [2.24, 2.45) is 5.10 Å². The van der Waals surface area contributed by atoms with Crippen molar-refractivity contribution in [3.63, 3.8) is 0 Å². The molecule has 27 heavy (non-hydrogen) atoms. The van der Waals surface area contributed by atoms with Crippen LogP contribution in [0.3, 0.4) is 0 Å². The lowest BCUT2D eigenvalue weighted by Gasteiger charge is -2.11. The molecule has 1 amide bonds. The number of amides is 1. The fourth-order valence-electron chi connectivity index (χ4n) is 2.21. The molecule has 0 aliphatic heterocycles. The van der Waals surface area contributed by atoms with Gasteiger partial charge in [-0.1, -0.05) is 24.3 Å². The summed E-state index contributed by atoms with van der Waals surface area (Å²) in [5.41, 5.74) is 3.93. The van der Waals surface area contributed by atoms with E-state index < -0.39 is 15.9 Å². The molecular weight excluding hydrogens is 384 g/mol. The number of benzene rings is 1. The Hall–Kier alpha value is -3.04. The predicted octanol–water partition coefficient (Wildman–Crippen LogP) is 3.10. The van der Waals surface area contributed by atoms with Crippen molar-refractivity contribution in [1.29, 1.82) is 0 Å². The molecule has 2 heterocycles. The third kappa shape index (κ3) is 4.57. The molecule has 0 spiro atoms. The molecule has 0 fully saturated rings. The largest absolute Gasteiger partial charge is 0.278 e. The first kappa shape index (κ1) is 18.7. The number of hydrazone groups is 1. The van der Waals surface area contributed by atoms with Crippen LogP contribution in [0.15, 0.2) is 75.5 Å². The Kier molecular flexibility index (Phi) is 5.63. The zero-order chi connectivity index (χ0) is 19.3. The quantitative estimate of drug-likeness (QED) is 0.490. The Morgan fingerprint density at radius 1 is 1.07 bits per heavy atom. The van der Waals surface area contributed by atoms with E-state index >= 15 is 0 Å². The Morgan fingerprint density at radius 2 is 1.85 bits per heavy atom. The summed E-state index contributed by atoms with van der Waals surface area (Å²) in [5.74, 6) is -0.533. The van der Waals surface area contributed by atoms with Gasteiger partial charge in [-0.3, -0.25) is 14.5 Å². The summed E-state index contributed by atoms with van der Waals surface area (Å²) in [6, 6.07) is 14.8. The third-order valence-electron chi connectivity index (χ3n) is 3.54. The Bertz CT molecular complexity index is 1060. The first-order valence-corrected chi connectivity index (χ1v) is 10.2. The van der Waals surface area contributed by atoms with Gasteiger partial charge in [-0.05, 0) is 42.6 Å². The van der Waals surface area contributed by atoms with Gasteiger partial charge < -0.3 is 0 Å². The number of thiophene rings is 1. The number of hydrogen-bond donors (Lipinski definition) is 2. The average Bonchev–Trinajstić information content (AvgIpc) is 3.22. The van der Waals surface area contributed by atoms with E-state index in [0.717, 1.165) is 11.3 Å². The minimum Gasteiger partial charge on any atom is -0.278 e. The van der Waals surface area contributed by atoms with Gasteiger partial charge in [0.2, 0.25) is 0 Å². The highest BCUT2D eigenvalue weighted by Gasteiger charge is 2.19. The van der Waals surface area contributed by atoms with Crippen LogP contribution in [0.5, 0.6) is 0 Å². The van der Waals surface area contributed by atoms with E-state index in [1.807, 2.05) is 6.07 Å². The van der Waals surface area contributed by atoms with Gasteiger partial charge in [-0.25, -0.2) is 13.8 Å². The Balaban J connectivity index is 1.80. The van der Waals surface area contributed by atoms with E-state index in [9.17, 15) is 13.2 Å². The highest BCUT2D eigenvalue weighted by Crippen LogP contribution is 2.22. The number of carbonyl (C=O) groups excluding carboxylic acids is 1. The second-order valence-corrected chi connectivity index (χ2v) is 8.29. The number of rotatable bonds is 6. The number of pyridine rings is 1. The molecule has 0 saturated heterocycles. The van der Waals surface area contributed by atoms with Gasteiger partial charge in [0, 0.05) is 6.20 Å². The van der Waals surface area contributed by atoms with Gasteiger partial charge in [0.15, 0.2) is 0 Å². The lowest BCUT2D eigenvalue weighted by atomic mass is 10.2. The Labute approximate surface area is 160 Å². The molecule has 9 heteroatoms. The number of anilines is 1. The van der Waals surface area contributed by atoms with Gasteiger partial charge in [0.05, 0.1) is 22.7 Å². The summed E-state index contributed by atoms with van der Waals surface area (Å²) in [6.07, 6.45) is 1.63. The van der Waals surface area contributed by atoms with Gasteiger partial charge in [-0.15, -0.1) is 11.3 Å². The maximum Gasteiger partial charge on any atom is 0.273 e. The van der Waals surface area contributed by atoms with Crippen LogP contribution in [0.1, 0.15) is 23.0 Å². The number of aromatic nitrogens is 1. The summed E-state index contributed by atoms with van der Waals surface area (Å²) >= 11 is 1.10. The number of nitrogens with one attached hydrogen (secondary N) is 2. The number of carbonyl (C=O) groups is 1. The third-order valence-corrected chi connectivity index (χ3v) is 6.30. The highest BCUT2D eigenvalue weighted by atomic mass is 32.2. The molecule has 2 aromatic heterocycles. The molecule has 7 nitrogen and oxygen atoms in total. The van der Waals surface area contributed by atoms with Crippen LogP contribution in [-0.4, -0.2) is 25.0 Å². The minimum absolute atomic E-state index is 0.162. The SMILES string of the molecule is C/C(=N\NC(=O)c1ccccc1NS(=O)(=O)c1cccs1)c1ccccn1. The molecule has 0 radical (unpaired) electrons. The minimum atomic E-state index is -3.76. The smallest absolute Gasteiger partial charge is 0.273 e. The van der Waals surface area contributed by atoms with Gasteiger partial charge in [-0.2, -0.15) is 5.10 Å². The van der Waals surface area contributed by atoms with E-state index in [2.05, 4.69) is 20.2 Å². The van der Waals surface area contributed by atoms with Crippen molar-refractivity contribution in [3.8, 4) is 0 Å². The van der Waals surface area contributed by atoms with Gasteiger partial charge in [0.25, 0.3) is 15.9 Å². The topological polar surface area (TPSA) is 101 Å². The molecule has 2 N–H and O–H groups in total. The van der Waals surface area contributed by atoms with E-state index in [0.29, 0.717) is 11.4 Å². The molecule has 0 bridgehead atoms. The first-order valence-electron chi connectivity index (χ1n) is 7.89. The molecule has 0 saturated carbocycles. The van der Waals surface area contributed by atoms with Crippen LogP contribution in [-0.2, 0) is 10.0 Å². The molecule has 3 rings (SSSR count). The number of nitrogens with zero attached hydrogens (tertiary/aromatic N) is 2. The maximum atomic E-state index is 12.5. The normalized spacial score (nSPS) is 11.8. The van der Waals surface area contributed by atoms with Gasteiger partial charge in [0.1, 0.15) is 4.21 Å². The summed E-state index contributed by atoms with van der Waals surface area (Å²) in [7, 11) is -3.76. The van der Waals surface area contributed by atoms with Crippen molar-refractivity contribution < 1.29 is 13.2 Å². The van der Waals surface area contributed by atoms with Crippen molar-refractivity contribution >= 4 is 38.7 Å². The van der Waals surface area contributed by atoms with Crippen LogP contribution in [0.4, 0.5) is 5.69 Å². The average molecular weight is 400 g/mol. The zero-order valence-corrected chi connectivity index (χ0v) is 15.9. The molecule has 1 aromatic carbocycles. The summed E-state index contributed by atoms with van der Waals surface area (Å²) in [4.78, 5) is 16.7. The van der Waals surface area contributed by atoms with E-state index in [1.54, 1.807) is 48.8 Å². The van der Waals surface area contributed by atoms with Crippen molar-refractivity contribution in [1.82, 2.24) is 10.4 Å². The number of sulfonamides is 1. The molecule has 3 aromatic rings. The van der Waals surface area contributed by atoms with E-state index in [4.69, 9.17) is 0 Å². The molecule has 0 aliphatic rings. The molecule has 138 valence electrons. The fraction of sp³-hybridized carbons (Fsp3) is 0.0556. The van der Waals surface area contributed by atoms with Crippen molar-refractivity contribution in [2.75, 3.05) is 4.72 Å². The van der Waals surface area contributed by atoms with Crippen LogP contribution >= 0.6 is 11.3 Å². The summed E-state index contributed by atoms with van der Waals surface area (Å²) in [6.45, 7) is 1.72. The maximum absolute atomic E-state index is 12.5. The lowest BCUT2D eigenvalue weighted by molar-refractivity contribution is 0.0955. The van der Waals surface area contributed by atoms with Crippen LogP contribution in [0.25, 0.3) is 0 Å². The molecule has 0 unspecified atom stereocenters. The number of hydrogen-bond acceptors (Lipinski definition) is 6. The second-order valence-electron chi connectivity index (χ2n) is 5.44. The standard InChI is InChI=1S/C18H16N4O3S2/c1-13(15-8-4-5-11-19-15)20-21-18(23)14-7-2-3-9-16(14)22-27(24,25)17-10-6-12-26-17/h2-12,22H,1H3,(H,21,23)/b20-13+. The number of para-hydroxylation sites is 1. The van der Waals surface area contributed by atoms with E-state index in [1.165, 1.54) is 18.2 Å². The highest BCUT2D eigenvalue weighted by molar-refractivity contribution is 7.94. The fourth-order valence-corrected chi connectivity index (χ4v) is 4.28. The molecule has 0 atom stereocenters. The predicted molar refractivity (Wildman–Crippen MR) is 105 cm³/mol. The first-order chi connectivity index (χ1) is 13.0. The monoisotopic (exact) mass is 400 g/mol. The summed E-state index contributed by atoms with van der Waals surface area (Å²) in [5, 5.41) is 5.71. The van der Waals surface area contributed by atoms with E-state index in [-0.39, 0.29) is 15.5 Å². The molecular formula is C18H16N4O3S2. The Morgan fingerprint density at radius 3 is 2.56 bits per heavy atom. The van der Waals surface area contributed by atoms with Crippen LogP contribution in [0, 0.1) is 0 Å². The van der Waals surface area contributed by atoms with Crippen molar-refractivity contribution in [2.45, 2.75) is 11.1 Å².